The molecular weight excluding hydrogens is 296 g/mol. The van der Waals surface area contributed by atoms with Crippen LogP contribution in [0, 0.1) is 28.6 Å². The van der Waals surface area contributed by atoms with Gasteiger partial charge in [-0.15, -0.1) is 6.58 Å². The van der Waals surface area contributed by atoms with E-state index in [2.05, 4.69) is 52.3 Å². The molecule has 3 nitrogen and oxygen atoms in total. The van der Waals surface area contributed by atoms with Crippen LogP contribution in [0.5, 0.6) is 0 Å². The summed E-state index contributed by atoms with van der Waals surface area (Å²) in [4.78, 5) is 2.24. The number of nitrogens with zero attached hydrogens (tertiary/aromatic N) is 2. The summed E-state index contributed by atoms with van der Waals surface area (Å²) in [6, 6.07) is 2.39. The molecule has 4 atom stereocenters. The summed E-state index contributed by atoms with van der Waals surface area (Å²) in [5, 5.41) is 19.6. The van der Waals surface area contributed by atoms with E-state index in [1.54, 1.807) is 0 Å². The minimum absolute atomic E-state index is 0.0770. The van der Waals surface area contributed by atoms with Crippen LogP contribution in [0.3, 0.4) is 0 Å². The summed E-state index contributed by atoms with van der Waals surface area (Å²) >= 11 is 0. The highest BCUT2D eigenvalue weighted by Gasteiger charge is 2.28. The van der Waals surface area contributed by atoms with E-state index in [1.807, 2.05) is 13.0 Å². The van der Waals surface area contributed by atoms with Crippen molar-refractivity contribution in [3.8, 4) is 6.07 Å². The minimum Gasteiger partial charge on any atom is -0.392 e. The summed E-state index contributed by atoms with van der Waals surface area (Å²) in [6.45, 7) is 15.8. The van der Waals surface area contributed by atoms with Crippen molar-refractivity contribution in [2.45, 2.75) is 85.3 Å². The lowest BCUT2D eigenvalue weighted by molar-refractivity contribution is 0.0690. The maximum Gasteiger partial charge on any atom is 0.0874 e. The lowest BCUT2D eigenvalue weighted by atomic mass is 9.82. The Bertz CT molecular complexity index is 386. The zero-order valence-electron chi connectivity index (χ0n) is 16.9. The molecule has 0 aliphatic heterocycles. The first kappa shape index (κ1) is 23.1. The van der Waals surface area contributed by atoms with Gasteiger partial charge in [-0.1, -0.05) is 46.6 Å². The lowest BCUT2D eigenvalue weighted by Gasteiger charge is -2.34. The molecule has 0 aromatic heterocycles. The molecule has 24 heavy (non-hydrogen) atoms. The van der Waals surface area contributed by atoms with Gasteiger partial charge < -0.3 is 10.0 Å². The lowest BCUT2D eigenvalue weighted by Crippen LogP contribution is -2.41. The second-order valence-electron chi connectivity index (χ2n) is 8.25. The fourth-order valence-electron chi connectivity index (χ4n) is 3.09. The number of aliphatic hydroxyl groups excluding tert-OH is 1. The molecule has 0 aliphatic carbocycles. The normalized spacial score (nSPS) is 17.1. The van der Waals surface area contributed by atoms with Crippen molar-refractivity contribution in [3.63, 3.8) is 0 Å². The Hall–Kier alpha value is -0.850. The first-order valence-corrected chi connectivity index (χ1v) is 9.59. The molecule has 0 amide bonds. The number of rotatable bonds is 13. The second-order valence-corrected chi connectivity index (χ2v) is 8.25. The molecule has 0 bridgehead atoms. The average molecular weight is 337 g/mol. The molecule has 0 aliphatic rings. The molecule has 3 heteroatoms. The van der Waals surface area contributed by atoms with Gasteiger partial charge in [0.1, 0.15) is 0 Å². The third-order valence-corrected chi connectivity index (χ3v) is 5.42. The summed E-state index contributed by atoms with van der Waals surface area (Å²) in [7, 11) is 2.07. The number of aliphatic hydroxyl groups is 1. The maximum absolute atomic E-state index is 10.2. The second kappa shape index (κ2) is 11.7. The van der Waals surface area contributed by atoms with Crippen molar-refractivity contribution in [1.29, 1.82) is 5.26 Å². The number of hydrogen-bond acceptors (Lipinski definition) is 3. The van der Waals surface area contributed by atoms with E-state index < -0.39 is 6.10 Å². The first-order valence-electron chi connectivity index (χ1n) is 9.59. The monoisotopic (exact) mass is 336 g/mol. The highest BCUT2D eigenvalue weighted by Crippen LogP contribution is 2.29. The maximum atomic E-state index is 10.2. The van der Waals surface area contributed by atoms with Crippen LogP contribution >= 0.6 is 0 Å². The van der Waals surface area contributed by atoms with Gasteiger partial charge in [-0.25, -0.2) is 0 Å². The van der Waals surface area contributed by atoms with E-state index in [-0.39, 0.29) is 12.0 Å². The Morgan fingerprint density at radius 2 is 1.88 bits per heavy atom. The van der Waals surface area contributed by atoms with E-state index in [4.69, 9.17) is 0 Å². The Morgan fingerprint density at radius 1 is 1.25 bits per heavy atom. The van der Waals surface area contributed by atoms with Crippen molar-refractivity contribution in [2.75, 3.05) is 13.6 Å². The third kappa shape index (κ3) is 8.85. The van der Waals surface area contributed by atoms with E-state index in [0.29, 0.717) is 17.8 Å². The van der Waals surface area contributed by atoms with Gasteiger partial charge >= 0.3 is 0 Å². The van der Waals surface area contributed by atoms with Gasteiger partial charge in [0.05, 0.1) is 18.1 Å². The van der Waals surface area contributed by atoms with Crippen LogP contribution in [0.15, 0.2) is 12.7 Å². The van der Waals surface area contributed by atoms with Crippen LogP contribution in [0.1, 0.15) is 73.1 Å². The standard InChI is InChI=1S/C21H40N2O/c1-8-11-20(24)19(16-22)18(4)23(7)15-14-21(5,6)13-10-12-17(3)9-2/h9,17-20,24H,2,8,10-15H2,1,3-7H3. The molecule has 0 heterocycles. The number of hydrogen-bond donors (Lipinski definition) is 1. The summed E-state index contributed by atoms with van der Waals surface area (Å²) < 4.78 is 0. The molecule has 0 fully saturated rings. The number of allylic oxidation sites excluding steroid dienone is 1. The van der Waals surface area contributed by atoms with Gasteiger partial charge in [0, 0.05) is 6.04 Å². The molecule has 0 saturated carbocycles. The summed E-state index contributed by atoms with van der Waals surface area (Å²) in [5.41, 5.74) is 0.305. The van der Waals surface area contributed by atoms with Gasteiger partial charge in [-0.3, -0.25) is 0 Å². The van der Waals surface area contributed by atoms with Crippen LogP contribution < -0.4 is 0 Å². The highest BCUT2D eigenvalue weighted by molar-refractivity contribution is 4.95. The van der Waals surface area contributed by atoms with E-state index in [0.717, 1.165) is 19.4 Å². The fraction of sp³-hybridized carbons (Fsp3) is 0.857. The van der Waals surface area contributed by atoms with Crippen LogP contribution in [-0.2, 0) is 0 Å². The van der Waals surface area contributed by atoms with Crippen molar-refractivity contribution < 1.29 is 5.11 Å². The van der Waals surface area contributed by atoms with Gasteiger partial charge in [-0.2, -0.15) is 5.26 Å². The third-order valence-electron chi connectivity index (χ3n) is 5.42. The Labute approximate surface area is 150 Å². The van der Waals surface area contributed by atoms with Gasteiger partial charge in [-0.05, 0) is 57.5 Å². The van der Waals surface area contributed by atoms with Crippen molar-refractivity contribution >= 4 is 0 Å². The molecule has 0 rings (SSSR count). The predicted molar refractivity (Wildman–Crippen MR) is 104 cm³/mol. The zero-order chi connectivity index (χ0) is 18.8. The van der Waals surface area contributed by atoms with Crippen LogP contribution in [-0.4, -0.2) is 35.7 Å². The predicted octanol–water partition coefficient (Wildman–Crippen LogP) is 5.02. The van der Waals surface area contributed by atoms with Crippen molar-refractivity contribution in [3.05, 3.63) is 12.7 Å². The first-order chi connectivity index (χ1) is 11.2. The van der Waals surface area contributed by atoms with Crippen LogP contribution in [0.25, 0.3) is 0 Å². The average Bonchev–Trinajstić information content (AvgIpc) is 2.53. The van der Waals surface area contributed by atoms with Crippen molar-refractivity contribution in [1.82, 2.24) is 4.90 Å². The van der Waals surface area contributed by atoms with Crippen LogP contribution in [0.4, 0.5) is 0 Å². The molecule has 0 aromatic rings. The quantitative estimate of drug-likeness (QED) is 0.481. The molecule has 1 N–H and O–H groups in total. The van der Waals surface area contributed by atoms with Crippen molar-refractivity contribution in [2.24, 2.45) is 17.3 Å². The largest absolute Gasteiger partial charge is 0.392 e. The van der Waals surface area contributed by atoms with Gasteiger partial charge in [0.25, 0.3) is 0 Å². The topological polar surface area (TPSA) is 47.3 Å². The molecule has 0 aromatic carbocycles. The fourth-order valence-corrected chi connectivity index (χ4v) is 3.09. The smallest absolute Gasteiger partial charge is 0.0874 e. The van der Waals surface area contributed by atoms with E-state index in [1.165, 1.54) is 19.3 Å². The van der Waals surface area contributed by atoms with Gasteiger partial charge in [0.15, 0.2) is 0 Å². The highest BCUT2D eigenvalue weighted by atomic mass is 16.3. The van der Waals surface area contributed by atoms with E-state index in [9.17, 15) is 10.4 Å². The SMILES string of the molecule is C=CC(C)CCCC(C)(C)CCN(C)C(C)C(C#N)C(O)CCC. The Balaban J connectivity index is 4.40. The molecule has 4 unspecified atom stereocenters. The molecule has 0 saturated heterocycles. The number of nitriles is 1. The zero-order valence-corrected chi connectivity index (χ0v) is 16.9. The molecule has 0 radical (unpaired) electrons. The minimum atomic E-state index is -0.522. The molecule has 0 spiro atoms. The summed E-state index contributed by atoms with van der Waals surface area (Å²) in [6.07, 6.45) is 7.88. The Morgan fingerprint density at radius 3 is 2.38 bits per heavy atom. The summed E-state index contributed by atoms with van der Waals surface area (Å²) in [5.74, 6) is 0.284. The van der Waals surface area contributed by atoms with Crippen LogP contribution in [0.2, 0.25) is 0 Å². The van der Waals surface area contributed by atoms with E-state index >= 15 is 0 Å². The Kier molecular flexibility index (Phi) is 11.2. The van der Waals surface area contributed by atoms with Gasteiger partial charge in [0.2, 0.25) is 0 Å². The molecular formula is C21H40N2O. The molecule has 140 valence electrons.